The maximum Gasteiger partial charge on any atom is 0.338 e. The van der Waals surface area contributed by atoms with E-state index in [1.54, 1.807) is 51.1 Å². The molecule has 1 aliphatic rings. The van der Waals surface area contributed by atoms with E-state index in [-0.39, 0.29) is 55.7 Å². The molecule has 0 heterocycles. The number of rotatable bonds is 19. The minimum atomic E-state index is -0.701. The number of esters is 4. The molecule has 0 saturated heterocycles. The van der Waals surface area contributed by atoms with E-state index in [0.29, 0.717) is 50.7 Å². The summed E-state index contributed by atoms with van der Waals surface area (Å²) in [4.78, 5) is 51.0. The van der Waals surface area contributed by atoms with Gasteiger partial charge in [-0.1, -0.05) is 62.1 Å². The molecule has 0 bridgehead atoms. The lowest BCUT2D eigenvalue weighted by Crippen LogP contribution is -2.36. The van der Waals surface area contributed by atoms with Crippen molar-refractivity contribution in [2.24, 2.45) is 10.8 Å². The third-order valence-electron chi connectivity index (χ3n) is 9.48. The van der Waals surface area contributed by atoms with E-state index in [9.17, 15) is 19.2 Å². The van der Waals surface area contributed by atoms with Crippen molar-refractivity contribution in [3.8, 4) is 0 Å². The molecule has 0 N–H and O–H groups in total. The van der Waals surface area contributed by atoms with E-state index in [1.807, 2.05) is 31.2 Å². The molecule has 2 aromatic rings. The lowest BCUT2D eigenvalue weighted by atomic mass is 9.70. The van der Waals surface area contributed by atoms with Crippen molar-refractivity contribution < 1.29 is 42.9 Å². The second-order valence-electron chi connectivity index (χ2n) is 14.7. The van der Waals surface area contributed by atoms with Crippen LogP contribution in [-0.4, -0.2) is 55.4 Å². The van der Waals surface area contributed by atoms with Crippen LogP contribution in [0.4, 0.5) is 0 Å². The van der Waals surface area contributed by atoms with Gasteiger partial charge >= 0.3 is 23.9 Å². The van der Waals surface area contributed by atoms with Crippen molar-refractivity contribution in [3.63, 3.8) is 0 Å². The van der Waals surface area contributed by atoms with E-state index in [1.165, 1.54) is 13.0 Å². The first-order chi connectivity index (χ1) is 24.2. The molecule has 5 atom stereocenters. The monoisotopic (exact) mass is 704 g/mol. The summed E-state index contributed by atoms with van der Waals surface area (Å²) in [6.07, 6.45) is 5.90. The highest BCUT2D eigenvalue weighted by atomic mass is 16.6. The second kappa shape index (κ2) is 19.4. The van der Waals surface area contributed by atoms with Gasteiger partial charge in [-0.3, -0.25) is 14.4 Å². The molecule has 0 amide bonds. The van der Waals surface area contributed by atoms with Gasteiger partial charge in [-0.2, -0.15) is 0 Å². The molecule has 0 aliphatic heterocycles. The van der Waals surface area contributed by atoms with Crippen LogP contribution >= 0.6 is 0 Å². The number of carbonyl (C=O) groups is 4. The molecule has 3 rings (SSSR count). The largest absolute Gasteiger partial charge is 0.462 e. The molecule has 1 saturated carbocycles. The van der Waals surface area contributed by atoms with Gasteiger partial charge in [0.2, 0.25) is 0 Å². The average molecular weight is 705 g/mol. The predicted octanol–water partition coefficient (Wildman–Crippen LogP) is 8.24. The number of hydrogen-bond donors (Lipinski definition) is 0. The van der Waals surface area contributed by atoms with Crippen LogP contribution in [0.2, 0.25) is 0 Å². The van der Waals surface area contributed by atoms with Crippen LogP contribution in [0, 0.1) is 10.8 Å². The third kappa shape index (κ3) is 12.5. The fourth-order valence-electron chi connectivity index (χ4n) is 6.66. The molecule has 9 heteroatoms. The quantitative estimate of drug-likeness (QED) is 0.0810. The van der Waals surface area contributed by atoms with Crippen LogP contribution in [0.1, 0.15) is 113 Å². The van der Waals surface area contributed by atoms with Crippen molar-refractivity contribution >= 4 is 23.9 Å². The van der Waals surface area contributed by atoms with Crippen LogP contribution < -0.4 is 0 Å². The highest BCUT2D eigenvalue weighted by Crippen LogP contribution is 2.54. The van der Waals surface area contributed by atoms with E-state index in [2.05, 4.69) is 20.1 Å². The molecular weight excluding hydrogens is 648 g/mol. The van der Waals surface area contributed by atoms with Gasteiger partial charge in [-0.25, -0.2) is 4.79 Å². The van der Waals surface area contributed by atoms with Gasteiger partial charge < -0.3 is 23.7 Å². The van der Waals surface area contributed by atoms with Crippen LogP contribution in [0.15, 0.2) is 73.8 Å². The molecule has 1 aliphatic carbocycles. The molecule has 0 radical (unpaired) electrons. The van der Waals surface area contributed by atoms with Gasteiger partial charge in [0.05, 0.1) is 23.7 Å². The highest BCUT2D eigenvalue weighted by molar-refractivity contribution is 5.89. The maximum absolute atomic E-state index is 13.3. The van der Waals surface area contributed by atoms with Crippen molar-refractivity contribution in [3.05, 3.63) is 96.1 Å². The molecule has 1 unspecified atom stereocenters. The Morgan fingerprint density at radius 1 is 0.961 bits per heavy atom. The van der Waals surface area contributed by atoms with Gasteiger partial charge in [-0.05, 0) is 94.5 Å². The molecular formula is C42H56O9. The molecule has 0 spiro atoms. The summed E-state index contributed by atoms with van der Waals surface area (Å²) >= 11 is 0. The number of benzene rings is 2. The Morgan fingerprint density at radius 3 is 2.31 bits per heavy atom. The SMILES string of the molecule is C=CCOC(=O)CC[C@]1(C)[C@@H](OC(=O)c2ccccc2)CC[C@H]1c1ccc(C[C@H](CCC(C)OCC=C)OC(C)=O)cc1COC(=O)C(C)(C)C. The molecule has 2 aromatic carbocycles. The van der Waals surface area contributed by atoms with Crippen LogP contribution in [0.25, 0.3) is 0 Å². The van der Waals surface area contributed by atoms with Crippen molar-refractivity contribution in [1.82, 2.24) is 0 Å². The van der Waals surface area contributed by atoms with E-state index in [0.717, 1.165) is 16.7 Å². The second-order valence-corrected chi connectivity index (χ2v) is 14.7. The Kier molecular flexibility index (Phi) is 15.7. The first-order valence-electron chi connectivity index (χ1n) is 17.9. The first kappa shape index (κ1) is 41.2. The molecule has 51 heavy (non-hydrogen) atoms. The van der Waals surface area contributed by atoms with E-state index < -0.39 is 22.9 Å². The highest BCUT2D eigenvalue weighted by Gasteiger charge is 2.50. The van der Waals surface area contributed by atoms with Crippen molar-refractivity contribution in [2.75, 3.05) is 13.2 Å². The minimum absolute atomic E-state index is 0.0335. The summed E-state index contributed by atoms with van der Waals surface area (Å²) in [5, 5.41) is 0. The fourth-order valence-corrected chi connectivity index (χ4v) is 6.66. The summed E-state index contributed by atoms with van der Waals surface area (Å²) in [5.74, 6) is -1.61. The van der Waals surface area contributed by atoms with Crippen molar-refractivity contribution in [1.29, 1.82) is 0 Å². The topological polar surface area (TPSA) is 114 Å². The predicted molar refractivity (Wildman–Crippen MR) is 196 cm³/mol. The molecule has 1 fully saturated rings. The minimum Gasteiger partial charge on any atom is -0.462 e. The summed E-state index contributed by atoms with van der Waals surface area (Å²) in [6, 6.07) is 14.9. The zero-order valence-electron chi connectivity index (χ0n) is 31.2. The number of carbonyl (C=O) groups excluding carboxylic acids is 4. The van der Waals surface area contributed by atoms with Crippen LogP contribution in [0.5, 0.6) is 0 Å². The summed E-state index contributed by atoms with van der Waals surface area (Å²) in [7, 11) is 0. The lowest BCUT2D eigenvalue weighted by molar-refractivity contribution is -0.154. The van der Waals surface area contributed by atoms with E-state index in [4.69, 9.17) is 23.7 Å². The van der Waals surface area contributed by atoms with Gasteiger partial charge in [-0.15, -0.1) is 6.58 Å². The first-order valence-corrected chi connectivity index (χ1v) is 17.9. The standard InChI is InChI=1S/C42H56O9/c1-9-24-47-29(3)16-18-34(50-30(4)43)27-31-17-19-35(33(26-31)28-49-40(46)41(5,6)7)36-20-21-37(51-39(45)32-14-12-11-13-15-32)42(36,8)23-22-38(44)48-25-10-2/h9-15,17,19,26,29,34,36-37H,1-2,16,18,20-25,27-28H2,3-8H3/t29?,34-,36-,37-,42-/m0/s1. The Balaban J connectivity index is 1.99. The van der Waals surface area contributed by atoms with E-state index >= 15 is 0 Å². The fraction of sp³-hybridized carbons (Fsp3) is 0.524. The maximum atomic E-state index is 13.3. The summed E-state index contributed by atoms with van der Waals surface area (Å²) in [6.45, 7) is 18.8. The van der Waals surface area contributed by atoms with Gasteiger partial charge in [0, 0.05) is 25.2 Å². The smallest absolute Gasteiger partial charge is 0.338 e. The van der Waals surface area contributed by atoms with Gasteiger partial charge in [0.1, 0.15) is 25.4 Å². The Bertz CT molecular complexity index is 1490. The molecule has 278 valence electrons. The number of hydrogen-bond acceptors (Lipinski definition) is 9. The van der Waals surface area contributed by atoms with Gasteiger partial charge in [0.25, 0.3) is 0 Å². The zero-order chi connectivity index (χ0) is 37.6. The molecule has 9 nitrogen and oxygen atoms in total. The Labute approximate surface area is 303 Å². The summed E-state index contributed by atoms with van der Waals surface area (Å²) < 4.78 is 28.8. The third-order valence-corrected chi connectivity index (χ3v) is 9.48. The Morgan fingerprint density at radius 2 is 1.67 bits per heavy atom. The van der Waals surface area contributed by atoms with Crippen molar-refractivity contribution in [2.45, 2.75) is 117 Å². The zero-order valence-corrected chi connectivity index (χ0v) is 31.2. The average Bonchev–Trinajstić information content (AvgIpc) is 3.41. The van der Waals surface area contributed by atoms with Crippen LogP contribution in [-0.2, 0) is 51.1 Å². The number of ether oxygens (including phenoxy) is 5. The normalized spacial score (nSPS) is 19.7. The Hall–Kier alpha value is -4.24. The summed E-state index contributed by atoms with van der Waals surface area (Å²) in [5.41, 5.74) is 1.80. The lowest BCUT2D eigenvalue weighted by Gasteiger charge is -2.37. The molecule has 0 aromatic heterocycles. The van der Waals surface area contributed by atoms with Crippen LogP contribution in [0.3, 0.4) is 0 Å². The van der Waals surface area contributed by atoms with Gasteiger partial charge in [0.15, 0.2) is 0 Å².